The van der Waals surface area contributed by atoms with Crippen LogP contribution >= 0.6 is 0 Å². The van der Waals surface area contributed by atoms with E-state index in [0.29, 0.717) is 6.04 Å². The molecule has 3 aliphatic heterocycles. The monoisotopic (exact) mass is 370 g/mol. The highest BCUT2D eigenvalue weighted by molar-refractivity contribution is 5.45. The Kier molecular flexibility index (Phi) is 5.05. The van der Waals surface area contributed by atoms with Crippen LogP contribution in [0.1, 0.15) is 43.4 Å². The molecule has 6 nitrogen and oxygen atoms in total. The second kappa shape index (κ2) is 7.64. The number of rotatable bonds is 3. The van der Waals surface area contributed by atoms with Gasteiger partial charge in [-0.3, -0.25) is 9.80 Å². The summed E-state index contributed by atoms with van der Waals surface area (Å²) >= 11 is 0. The van der Waals surface area contributed by atoms with Crippen molar-refractivity contribution < 1.29 is 0 Å². The van der Waals surface area contributed by atoms with Crippen LogP contribution in [0, 0.1) is 0 Å². The number of nitrogens with zero attached hydrogens (tertiary/aromatic N) is 6. The molecule has 0 bridgehead atoms. The normalized spacial score (nSPS) is 26.8. The van der Waals surface area contributed by atoms with E-state index in [9.17, 15) is 0 Å². The van der Waals surface area contributed by atoms with Gasteiger partial charge in [0.15, 0.2) is 5.82 Å². The third-order valence-corrected chi connectivity index (χ3v) is 7.26. The van der Waals surface area contributed by atoms with E-state index in [-0.39, 0.29) is 0 Å². The van der Waals surface area contributed by atoms with Crippen molar-refractivity contribution in [3.63, 3.8) is 0 Å². The van der Waals surface area contributed by atoms with E-state index in [2.05, 4.69) is 42.9 Å². The Morgan fingerprint density at radius 3 is 2.30 bits per heavy atom. The van der Waals surface area contributed by atoms with Crippen LogP contribution in [0.3, 0.4) is 0 Å². The first-order valence-electron chi connectivity index (χ1n) is 11.0. The van der Waals surface area contributed by atoms with Gasteiger partial charge in [-0.25, -0.2) is 0 Å². The van der Waals surface area contributed by atoms with Gasteiger partial charge in [-0.1, -0.05) is 19.3 Å². The van der Waals surface area contributed by atoms with Gasteiger partial charge in [-0.05, 0) is 31.5 Å². The highest BCUT2D eigenvalue weighted by Gasteiger charge is 2.35. The Balaban J connectivity index is 1.12. The Hall–Kier alpha value is -1.24. The minimum absolute atomic E-state index is 0.707. The summed E-state index contributed by atoms with van der Waals surface area (Å²) in [6, 6.07) is 3.87. The van der Waals surface area contributed by atoms with E-state index in [1.165, 1.54) is 69.5 Å². The molecular formula is C21H34N6. The molecule has 1 aromatic rings. The fourth-order valence-corrected chi connectivity index (χ4v) is 5.40. The van der Waals surface area contributed by atoms with Crippen LogP contribution in [0.2, 0.25) is 0 Å². The minimum atomic E-state index is 0.707. The molecule has 148 valence electrons. The van der Waals surface area contributed by atoms with Crippen molar-refractivity contribution in [3.8, 4) is 0 Å². The maximum atomic E-state index is 4.52. The van der Waals surface area contributed by atoms with Gasteiger partial charge in [0.05, 0.1) is 5.69 Å². The molecule has 4 aliphatic rings. The van der Waals surface area contributed by atoms with Crippen LogP contribution in [0.5, 0.6) is 0 Å². The number of anilines is 1. The summed E-state index contributed by atoms with van der Waals surface area (Å²) in [5.41, 5.74) is 2.58. The van der Waals surface area contributed by atoms with Crippen molar-refractivity contribution in [1.82, 2.24) is 24.9 Å². The molecule has 27 heavy (non-hydrogen) atoms. The summed E-state index contributed by atoms with van der Waals surface area (Å²) in [6.45, 7) is 9.38. The first kappa shape index (κ1) is 17.8. The summed E-state index contributed by atoms with van der Waals surface area (Å²) in [7, 11) is 2.19. The summed E-state index contributed by atoms with van der Waals surface area (Å²) in [4.78, 5) is 10.3. The van der Waals surface area contributed by atoms with Crippen LogP contribution in [-0.4, -0.2) is 89.8 Å². The van der Waals surface area contributed by atoms with E-state index in [1.54, 1.807) is 0 Å². The van der Waals surface area contributed by atoms with Crippen molar-refractivity contribution in [2.45, 2.75) is 57.2 Å². The first-order valence-corrected chi connectivity index (χ1v) is 11.0. The zero-order valence-corrected chi connectivity index (χ0v) is 16.8. The standard InChI is InChI=1S/C21H34N6/c1-24-8-7-20-17(14-24)13-21(23-22-20)27-15-19(16-27)26-11-9-25(10-12-26)18-5-3-2-4-6-18/h13,18-19H,2-12,14-16H2,1H3. The molecule has 4 heterocycles. The molecule has 6 heteroatoms. The molecule has 3 fully saturated rings. The van der Waals surface area contributed by atoms with Gasteiger partial charge < -0.3 is 9.80 Å². The van der Waals surface area contributed by atoms with Gasteiger partial charge in [-0.2, -0.15) is 5.10 Å². The molecule has 5 rings (SSSR count). The van der Waals surface area contributed by atoms with E-state index in [4.69, 9.17) is 0 Å². The second-order valence-corrected chi connectivity index (χ2v) is 9.08. The molecule has 1 aliphatic carbocycles. The minimum Gasteiger partial charge on any atom is -0.352 e. The van der Waals surface area contributed by atoms with E-state index >= 15 is 0 Å². The first-order chi connectivity index (χ1) is 13.3. The summed E-state index contributed by atoms with van der Waals surface area (Å²) in [5, 5.41) is 9.04. The predicted molar refractivity (Wildman–Crippen MR) is 108 cm³/mol. The van der Waals surface area contributed by atoms with Gasteiger partial charge in [0, 0.05) is 70.9 Å². The third kappa shape index (κ3) is 3.71. The van der Waals surface area contributed by atoms with Gasteiger partial charge in [0.1, 0.15) is 0 Å². The number of likely N-dealkylation sites (N-methyl/N-ethyl adjacent to an activating group) is 1. The Bertz CT molecular complexity index is 644. The molecule has 0 atom stereocenters. The average Bonchev–Trinajstić information content (AvgIpc) is 2.68. The van der Waals surface area contributed by atoms with Crippen LogP contribution in [0.15, 0.2) is 6.07 Å². The van der Waals surface area contributed by atoms with E-state index in [0.717, 1.165) is 44.5 Å². The predicted octanol–water partition coefficient (Wildman–Crippen LogP) is 1.60. The summed E-state index contributed by atoms with van der Waals surface area (Å²) in [6.07, 6.45) is 8.25. The molecule has 2 saturated heterocycles. The lowest BCUT2D eigenvalue weighted by Gasteiger charge is -2.49. The Labute approximate surface area is 163 Å². The van der Waals surface area contributed by atoms with Crippen LogP contribution in [0.4, 0.5) is 5.82 Å². The zero-order valence-electron chi connectivity index (χ0n) is 16.8. The zero-order chi connectivity index (χ0) is 18.2. The van der Waals surface area contributed by atoms with E-state index < -0.39 is 0 Å². The molecule has 0 spiro atoms. The van der Waals surface area contributed by atoms with Crippen molar-refractivity contribution >= 4 is 5.82 Å². The number of piperazine rings is 1. The lowest BCUT2D eigenvalue weighted by molar-refractivity contribution is 0.0486. The molecule has 0 N–H and O–H groups in total. The molecule has 0 aromatic carbocycles. The largest absolute Gasteiger partial charge is 0.352 e. The molecule has 0 unspecified atom stereocenters. The summed E-state index contributed by atoms with van der Waals surface area (Å²) in [5.74, 6) is 1.08. The second-order valence-electron chi connectivity index (χ2n) is 9.08. The smallest absolute Gasteiger partial charge is 0.151 e. The Morgan fingerprint density at radius 1 is 0.852 bits per heavy atom. The molecular weight excluding hydrogens is 336 g/mol. The van der Waals surface area contributed by atoms with Crippen LogP contribution in [-0.2, 0) is 13.0 Å². The average molecular weight is 371 g/mol. The lowest BCUT2D eigenvalue weighted by atomic mass is 9.93. The van der Waals surface area contributed by atoms with Gasteiger partial charge >= 0.3 is 0 Å². The van der Waals surface area contributed by atoms with Crippen LogP contribution in [0.25, 0.3) is 0 Å². The van der Waals surface area contributed by atoms with Gasteiger partial charge in [0.2, 0.25) is 0 Å². The summed E-state index contributed by atoms with van der Waals surface area (Å²) < 4.78 is 0. The quantitative estimate of drug-likeness (QED) is 0.805. The number of aromatic nitrogens is 2. The van der Waals surface area contributed by atoms with Crippen molar-refractivity contribution in [1.29, 1.82) is 0 Å². The van der Waals surface area contributed by atoms with Crippen molar-refractivity contribution in [2.75, 3.05) is 57.8 Å². The van der Waals surface area contributed by atoms with Crippen molar-refractivity contribution in [3.05, 3.63) is 17.3 Å². The van der Waals surface area contributed by atoms with Gasteiger partial charge in [-0.15, -0.1) is 5.10 Å². The highest BCUT2D eigenvalue weighted by atomic mass is 15.4. The third-order valence-electron chi connectivity index (χ3n) is 7.26. The van der Waals surface area contributed by atoms with Crippen molar-refractivity contribution in [2.24, 2.45) is 0 Å². The number of hydrogen-bond acceptors (Lipinski definition) is 6. The maximum Gasteiger partial charge on any atom is 0.151 e. The topological polar surface area (TPSA) is 38.7 Å². The van der Waals surface area contributed by atoms with E-state index in [1.807, 2.05) is 0 Å². The number of hydrogen-bond donors (Lipinski definition) is 0. The Morgan fingerprint density at radius 2 is 1.56 bits per heavy atom. The molecule has 1 aromatic heterocycles. The lowest BCUT2D eigenvalue weighted by Crippen LogP contribution is -2.64. The van der Waals surface area contributed by atoms with Crippen LogP contribution < -0.4 is 4.90 Å². The molecule has 0 radical (unpaired) electrons. The maximum absolute atomic E-state index is 4.52. The highest BCUT2D eigenvalue weighted by Crippen LogP contribution is 2.27. The fourth-order valence-electron chi connectivity index (χ4n) is 5.40. The SMILES string of the molecule is CN1CCc2nnc(N3CC(N4CCN(C5CCCCC5)CC4)C3)cc2C1. The molecule has 1 saturated carbocycles. The number of fused-ring (bicyclic) bond motifs is 1. The van der Waals surface area contributed by atoms with Gasteiger partial charge in [0.25, 0.3) is 0 Å². The molecule has 0 amide bonds. The fraction of sp³-hybridized carbons (Fsp3) is 0.810.